The third-order valence-corrected chi connectivity index (χ3v) is 2.71. The number of carbonyl (C=O) groups excluding carboxylic acids is 1. The highest BCUT2D eigenvalue weighted by atomic mass is 35.5. The Morgan fingerprint density at radius 1 is 1.50 bits per heavy atom. The van der Waals surface area contributed by atoms with Gasteiger partial charge < -0.3 is 10.4 Å². The standard InChI is InChI=1S/C12H12ClN3O2/c13-11-3-2-9(17)8-10(11)12(18)14-5-7-16-6-1-4-15-16/h1-4,6,8,17H,5,7H2,(H,14,18). The summed E-state index contributed by atoms with van der Waals surface area (Å²) in [6.07, 6.45) is 3.49. The van der Waals surface area contributed by atoms with Crippen molar-refractivity contribution in [3.63, 3.8) is 0 Å². The SMILES string of the molecule is O=C(NCCn1cccn1)c1cc(O)ccc1Cl. The average Bonchev–Trinajstić information content (AvgIpc) is 2.85. The smallest absolute Gasteiger partial charge is 0.252 e. The van der Waals surface area contributed by atoms with Gasteiger partial charge in [-0.15, -0.1) is 0 Å². The molecule has 6 heteroatoms. The Labute approximate surface area is 109 Å². The summed E-state index contributed by atoms with van der Waals surface area (Å²) >= 11 is 5.88. The summed E-state index contributed by atoms with van der Waals surface area (Å²) in [5.41, 5.74) is 0.261. The number of nitrogens with zero attached hydrogens (tertiary/aromatic N) is 2. The minimum atomic E-state index is -0.317. The zero-order valence-electron chi connectivity index (χ0n) is 9.51. The van der Waals surface area contributed by atoms with Gasteiger partial charge in [-0.2, -0.15) is 5.10 Å². The second-order valence-electron chi connectivity index (χ2n) is 3.69. The molecule has 0 aliphatic carbocycles. The topological polar surface area (TPSA) is 67.2 Å². The van der Waals surface area contributed by atoms with E-state index in [1.54, 1.807) is 10.9 Å². The maximum absolute atomic E-state index is 11.8. The van der Waals surface area contributed by atoms with Crippen LogP contribution in [0.4, 0.5) is 0 Å². The van der Waals surface area contributed by atoms with E-state index in [0.29, 0.717) is 18.1 Å². The third kappa shape index (κ3) is 3.01. The molecule has 94 valence electrons. The molecule has 1 aromatic carbocycles. The zero-order valence-corrected chi connectivity index (χ0v) is 10.3. The largest absolute Gasteiger partial charge is 0.508 e. The normalized spacial score (nSPS) is 10.3. The van der Waals surface area contributed by atoms with Gasteiger partial charge in [0.1, 0.15) is 5.75 Å². The van der Waals surface area contributed by atoms with Gasteiger partial charge in [-0.3, -0.25) is 9.48 Å². The molecule has 0 aliphatic heterocycles. The molecule has 2 N–H and O–H groups in total. The highest BCUT2D eigenvalue weighted by molar-refractivity contribution is 6.33. The Bertz CT molecular complexity index is 540. The van der Waals surface area contributed by atoms with Crippen molar-refractivity contribution in [2.24, 2.45) is 0 Å². The molecule has 0 spiro atoms. The van der Waals surface area contributed by atoms with Crippen molar-refractivity contribution < 1.29 is 9.90 Å². The number of nitrogens with one attached hydrogen (secondary N) is 1. The number of benzene rings is 1. The molecule has 0 bridgehead atoms. The number of rotatable bonds is 4. The number of aromatic hydroxyl groups is 1. The summed E-state index contributed by atoms with van der Waals surface area (Å²) in [6, 6.07) is 6.07. The van der Waals surface area contributed by atoms with Crippen molar-refractivity contribution in [3.05, 3.63) is 47.2 Å². The number of phenolic OH excluding ortho intramolecular Hbond substituents is 1. The van der Waals surface area contributed by atoms with Crippen LogP contribution in [0.25, 0.3) is 0 Å². The third-order valence-electron chi connectivity index (χ3n) is 2.38. The predicted molar refractivity (Wildman–Crippen MR) is 67.7 cm³/mol. The van der Waals surface area contributed by atoms with Crippen LogP contribution >= 0.6 is 11.6 Å². The number of hydrogen-bond acceptors (Lipinski definition) is 3. The van der Waals surface area contributed by atoms with Gasteiger partial charge in [-0.25, -0.2) is 0 Å². The fourth-order valence-corrected chi connectivity index (χ4v) is 1.70. The Balaban J connectivity index is 1.93. The van der Waals surface area contributed by atoms with E-state index in [9.17, 15) is 9.90 Å². The predicted octanol–water partition coefficient (Wildman–Crippen LogP) is 1.67. The molecular formula is C12H12ClN3O2. The molecule has 0 saturated heterocycles. The number of carbonyl (C=O) groups is 1. The summed E-state index contributed by atoms with van der Waals surface area (Å²) in [6.45, 7) is 1.02. The van der Waals surface area contributed by atoms with E-state index in [4.69, 9.17) is 11.6 Å². The van der Waals surface area contributed by atoms with Gasteiger partial charge in [0.15, 0.2) is 0 Å². The first-order valence-electron chi connectivity index (χ1n) is 5.41. The first kappa shape index (κ1) is 12.4. The number of aromatic nitrogens is 2. The highest BCUT2D eigenvalue weighted by Crippen LogP contribution is 2.20. The van der Waals surface area contributed by atoms with Crippen LogP contribution in [-0.2, 0) is 6.54 Å². The minimum Gasteiger partial charge on any atom is -0.508 e. The summed E-state index contributed by atoms with van der Waals surface area (Å²) < 4.78 is 1.71. The van der Waals surface area contributed by atoms with E-state index in [1.165, 1.54) is 18.2 Å². The molecule has 0 radical (unpaired) electrons. The van der Waals surface area contributed by atoms with Crippen LogP contribution in [0.5, 0.6) is 5.75 Å². The lowest BCUT2D eigenvalue weighted by Crippen LogP contribution is -2.27. The van der Waals surface area contributed by atoms with Gasteiger partial charge in [-0.1, -0.05) is 11.6 Å². The van der Waals surface area contributed by atoms with Gasteiger partial charge in [0.05, 0.1) is 17.1 Å². The second kappa shape index (κ2) is 5.55. The molecular weight excluding hydrogens is 254 g/mol. The van der Waals surface area contributed by atoms with Crippen LogP contribution in [0, 0.1) is 0 Å². The number of halogens is 1. The number of amides is 1. The summed E-state index contributed by atoms with van der Waals surface area (Å²) in [7, 11) is 0. The van der Waals surface area contributed by atoms with Gasteiger partial charge in [0, 0.05) is 18.9 Å². The Morgan fingerprint density at radius 3 is 3.06 bits per heavy atom. The summed E-state index contributed by atoms with van der Waals surface area (Å²) in [5, 5.41) is 16.3. The Hall–Kier alpha value is -2.01. The summed E-state index contributed by atoms with van der Waals surface area (Å²) in [5.74, 6) is -0.306. The first-order chi connectivity index (χ1) is 8.66. The lowest BCUT2D eigenvalue weighted by atomic mass is 10.2. The molecule has 0 saturated carbocycles. The first-order valence-corrected chi connectivity index (χ1v) is 5.79. The van der Waals surface area contributed by atoms with Crippen LogP contribution in [0.15, 0.2) is 36.7 Å². The summed E-state index contributed by atoms with van der Waals surface area (Å²) in [4.78, 5) is 11.8. The van der Waals surface area contributed by atoms with E-state index in [0.717, 1.165) is 0 Å². The fourth-order valence-electron chi connectivity index (χ4n) is 1.50. The fraction of sp³-hybridized carbons (Fsp3) is 0.167. The molecule has 0 unspecified atom stereocenters. The Morgan fingerprint density at radius 2 is 2.33 bits per heavy atom. The molecule has 0 atom stereocenters. The van der Waals surface area contributed by atoms with Crippen molar-refractivity contribution in [2.75, 3.05) is 6.54 Å². The lowest BCUT2D eigenvalue weighted by molar-refractivity contribution is 0.0951. The zero-order chi connectivity index (χ0) is 13.0. The molecule has 1 amide bonds. The molecule has 1 aromatic heterocycles. The molecule has 0 aliphatic rings. The van der Waals surface area contributed by atoms with Crippen molar-refractivity contribution in [1.29, 1.82) is 0 Å². The quantitative estimate of drug-likeness (QED) is 0.884. The molecule has 2 rings (SSSR count). The van der Waals surface area contributed by atoms with Crippen LogP contribution in [0.2, 0.25) is 5.02 Å². The maximum atomic E-state index is 11.8. The van der Waals surface area contributed by atoms with Crippen molar-refractivity contribution in [1.82, 2.24) is 15.1 Å². The maximum Gasteiger partial charge on any atom is 0.252 e. The highest BCUT2D eigenvalue weighted by Gasteiger charge is 2.10. The van der Waals surface area contributed by atoms with Crippen molar-refractivity contribution in [3.8, 4) is 5.75 Å². The molecule has 1 heterocycles. The monoisotopic (exact) mass is 265 g/mol. The van der Waals surface area contributed by atoms with Gasteiger partial charge in [0.2, 0.25) is 0 Å². The molecule has 18 heavy (non-hydrogen) atoms. The van der Waals surface area contributed by atoms with Gasteiger partial charge >= 0.3 is 0 Å². The van der Waals surface area contributed by atoms with Crippen LogP contribution in [-0.4, -0.2) is 27.3 Å². The van der Waals surface area contributed by atoms with Crippen molar-refractivity contribution >= 4 is 17.5 Å². The van der Waals surface area contributed by atoms with Gasteiger partial charge in [0.25, 0.3) is 5.91 Å². The van der Waals surface area contributed by atoms with Crippen LogP contribution in [0.1, 0.15) is 10.4 Å². The molecule has 0 fully saturated rings. The average molecular weight is 266 g/mol. The van der Waals surface area contributed by atoms with E-state index >= 15 is 0 Å². The van der Waals surface area contributed by atoms with E-state index in [2.05, 4.69) is 10.4 Å². The molecule has 5 nitrogen and oxygen atoms in total. The van der Waals surface area contributed by atoms with E-state index in [-0.39, 0.29) is 17.2 Å². The van der Waals surface area contributed by atoms with E-state index in [1.807, 2.05) is 12.3 Å². The molecule has 2 aromatic rings. The Kier molecular flexibility index (Phi) is 3.84. The van der Waals surface area contributed by atoms with E-state index < -0.39 is 0 Å². The number of phenols is 1. The minimum absolute atomic E-state index is 0.0108. The van der Waals surface area contributed by atoms with Crippen LogP contribution in [0.3, 0.4) is 0 Å². The number of hydrogen-bond donors (Lipinski definition) is 2. The second-order valence-corrected chi connectivity index (χ2v) is 4.10. The van der Waals surface area contributed by atoms with Crippen LogP contribution < -0.4 is 5.32 Å². The lowest BCUT2D eigenvalue weighted by Gasteiger charge is -2.07. The van der Waals surface area contributed by atoms with Crippen molar-refractivity contribution in [2.45, 2.75) is 6.54 Å². The van der Waals surface area contributed by atoms with Gasteiger partial charge in [-0.05, 0) is 24.3 Å².